The highest BCUT2D eigenvalue weighted by Crippen LogP contribution is 2.27. The van der Waals surface area contributed by atoms with Crippen molar-refractivity contribution in [1.82, 2.24) is 0 Å². The summed E-state index contributed by atoms with van der Waals surface area (Å²) in [5, 5.41) is 0. The van der Waals surface area contributed by atoms with Crippen LogP contribution in [-0.4, -0.2) is 12.0 Å². The summed E-state index contributed by atoms with van der Waals surface area (Å²) in [5.41, 5.74) is 0. The van der Waals surface area contributed by atoms with Crippen molar-refractivity contribution >= 4 is 5.78 Å². The van der Waals surface area contributed by atoms with Gasteiger partial charge < -0.3 is 0 Å². The number of carbonyl (C=O) groups excluding carboxylic acids is 1. The number of carbonyl (C=O) groups is 1. The first-order chi connectivity index (χ1) is 5.65. The Labute approximate surface area is 72.7 Å². The third-order valence-corrected chi connectivity index (χ3v) is 2.46. The summed E-state index contributed by atoms with van der Waals surface area (Å²) in [4.78, 5) is 11.3. The van der Waals surface area contributed by atoms with E-state index >= 15 is 0 Å². The number of alkyl halides is 1. The molecule has 0 N–H and O–H groups in total. The Morgan fingerprint density at radius 2 is 2.25 bits per heavy atom. The van der Waals surface area contributed by atoms with Crippen molar-refractivity contribution < 1.29 is 9.18 Å². The second-order valence-corrected chi connectivity index (χ2v) is 3.46. The number of allylic oxidation sites excluding steroid dienone is 2. The Balaban J connectivity index is 2.66. The lowest BCUT2D eigenvalue weighted by molar-refractivity contribution is -0.122. The predicted octanol–water partition coefficient (Wildman–Crippen LogP) is 2.52. The van der Waals surface area contributed by atoms with E-state index in [4.69, 9.17) is 0 Å². The molecule has 1 aliphatic rings. The van der Waals surface area contributed by atoms with E-state index in [0.717, 1.165) is 0 Å². The van der Waals surface area contributed by atoms with E-state index in [-0.39, 0.29) is 17.6 Å². The van der Waals surface area contributed by atoms with Crippen molar-refractivity contribution in [3.8, 4) is 0 Å². The maximum Gasteiger partial charge on any atom is 0.139 e. The zero-order valence-electron chi connectivity index (χ0n) is 7.59. The molecule has 0 heterocycles. The van der Waals surface area contributed by atoms with Crippen LogP contribution >= 0.6 is 0 Å². The summed E-state index contributed by atoms with van der Waals surface area (Å²) >= 11 is 0. The van der Waals surface area contributed by atoms with Crippen LogP contribution in [0, 0.1) is 11.8 Å². The molecule has 0 aromatic heterocycles. The number of ketones is 1. The van der Waals surface area contributed by atoms with Crippen LogP contribution in [0.25, 0.3) is 0 Å². The molecule has 2 heteroatoms. The van der Waals surface area contributed by atoms with Crippen LogP contribution in [-0.2, 0) is 4.79 Å². The van der Waals surface area contributed by atoms with Crippen molar-refractivity contribution in [2.24, 2.45) is 11.8 Å². The fraction of sp³-hybridized carbons (Fsp3) is 0.700. The molecule has 1 aliphatic carbocycles. The molecule has 0 aromatic carbocycles. The number of rotatable bonds is 2. The number of hydrogen-bond donors (Lipinski definition) is 0. The highest BCUT2D eigenvalue weighted by Gasteiger charge is 2.26. The zero-order valence-corrected chi connectivity index (χ0v) is 7.59. The summed E-state index contributed by atoms with van der Waals surface area (Å²) < 4.78 is 12.8. The van der Waals surface area contributed by atoms with Gasteiger partial charge in [0.2, 0.25) is 0 Å². The van der Waals surface area contributed by atoms with Crippen molar-refractivity contribution in [3.05, 3.63) is 12.2 Å². The topological polar surface area (TPSA) is 17.1 Å². The average Bonchev–Trinajstić information content (AvgIpc) is 2.03. The third kappa shape index (κ3) is 1.93. The van der Waals surface area contributed by atoms with Gasteiger partial charge in [0.05, 0.1) is 0 Å². The van der Waals surface area contributed by atoms with Crippen LogP contribution in [0.2, 0.25) is 0 Å². The first kappa shape index (κ1) is 9.43. The number of halogens is 1. The van der Waals surface area contributed by atoms with Gasteiger partial charge in [-0.25, -0.2) is 4.39 Å². The first-order valence-electron chi connectivity index (χ1n) is 4.50. The molecule has 0 fully saturated rings. The van der Waals surface area contributed by atoms with Crippen molar-refractivity contribution in [1.29, 1.82) is 0 Å². The molecule has 0 spiro atoms. The highest BCUT2D eigenvalue weighted by molar-refractivity contribution is 5.82. The molecule has 0 bridgehead atoms. The molecule has 12 heavy (non-hydrogen) atoms. The van der Waals surface area contributed by atoms with Crippen LogP contribution in [0.5, 0.6) is 0 Å². The largest absolute Gasteiger partial charge is 0.299 e. The second-order valence-electron chi connectivity index (χ2n) is 3.46. The molecule has 3 atom stereocenters. The van der Waals surface area contributed by atoms with E-state index in [1.54, 1.807) is 6.08 Å². The fourth-order valence-corrected chi connectivity index (χ4v) is 1.67. The summed E-state index contributed by atoms with van der Waals surface area (Å²) in [7, 11) is 0. The van der Waals surface area contributed by atoms with Gasteiger partial charge in [-0.1, -0.05) is 26.0 Å². The predicted molar refractivity (Wildman–Crippen MR) is 46.6 cm³/mol. The van der Waals surface area contributed by atoms with E-state index in [9.17, 15) is 9.18 Å². The lowest BCUT2D eigenvalue weighted by atomic mass is 9.81. The second kappa shape index (κ2) is 3.83. The van der Waals surface area contributed by atoms with Crippen molar-refractivity contribution in [3.63, 3.8) is 0 Å². The number of hydrogen-bond acceptors (Lipinski definition) is 1. The molecule has 1 rings (SSSR count). The fourth-order valence-electron chi connectivity index (χ4n) is 1.67. The van der Waals surface area contributed by atoms with Crippen LogP contribution in [0.4, 0.5) is 4.39 Å². The molecule has 0 aromatic rings. The summed E-state index contributed by atoms with van der Waals surface area (Å²) in [6.45, 7) is 3.79. The lowest BCUT2D eigenvalue weighted by Gasteiger charge is -2.24. The van der Waals surface area contributed by atoms with Gasteiger partial charge in [-0.3, -0.25) is 4.79 Å². The van der Waals surface area contributed by atoms with Gasteiger partial charge in [0.15, 0.2) is 0 Å². The molecule has 0 saturated heterocycles. The molecular weight excluding hydrogens is 155 g/mol. The average molecular weight is 170 g/mol. The van der Waals surface area contributed by atoms with E-state index in [0.29, 0.717) is 12.8 Å². The van der Waals surface area contributed by atoms with Gasteiger partial charge in [-0.15, -0.1) is 0 Å². The monoisotopic (exact) mass is 170 g/mol. The lowest BCUT2D eigenvalue weighted by Crippen LogP contribution is -2.25. The van der Waals surface area contributed by atoms with Crippen molar-refractivity contribution in [2.45, 2.75) is 32.9 Å². The molecule has 1 nitrogen and oxygen atoms in total. The normalized spacial score (nSPS) is 35.1. The van der Waals surface area contributed by atoms with Gasteiger partial charge in [0.25, 0.3) is 0 Å². The van der Waals surface area contributed by atoms with Crippen LogP contribution in [0.1, 0.15) is 26.7 Å². The van der Waals surface area contributed by atoms with Gasteiger partial charge in [0.1, 0.15) is 12.0 Å². The molecule has 68 valence electrons. The third-order valence-electron chi connectivity index (χ3n) is 2.46. The van der Waals surface area contributed by atoms with E-state index in [1.807, 2.05) is 13.8 Å². The van der Waals surface area contributed by atoms with Gasteiger partial charge in [0, 0.05) is 12.3 Å². The van der Waals surface area contributed by atoms with E-state index in [1.165, 1.54) is 6.08 Å². The molecule has 0 amide bonds. The Kier molecular flexibility index (Phi) is 3.01. The van der Waals surface area contributed by atoms with Crippen LogP contribution < -0.4 is 0 Å². The van der Waals surface area contributed by atoms with Gasteiger partial charge in [-0.05, 0) is 12.3 Å². The Morgan fingerprint density at radius 1 is 1.58 bits per heavy atom. The maximum atomic E-state index is 12.8. The summed E-state index contributed by atoms with van der Waals surface area (Å²) in [5.74, 6) is 0.352. The van der Waals surface area contributed by atoms with Gasteiger partial charge >= 0.3 is 0 Å². The SMILES string of the molecule is CCC(=O)C1C=CC(F)CC1C. The zero-order chi connectivity index (χ0) is 9.14. The molecule has 3 unspecified atom stereocenters. The smallest absolute Gasteiger partial charge is 0.139 e. The minimum Gasteiger partial charge on any atom is -0.299 e. The van der Waals surface area contributed by atoms with Gasteiger partial charge in [-0.2, -0.15) is 0 Å². The first-order valence-corrected chi connectivity index (χ1v) is 4.50. The number of Topliss-reactive ketones (excluding diaryl/α,β-unsaturated/α-hetero) is 1. The maximum absolute atomic E-state index is 12.8. The van der Waals surface area contributed by atoms with Crippen molar-refractivity contribution in [2.75, 3.05) is 0 Å². The minimum absolute atomic E-state index is 0.0398. The Hall–Kier alpha value is -0.660. The standard InChI is InChI=1S/C10H15FO/c1-3-10(12)9-5-4-8(11)6-7(9)2/h4-5,7-9H,3,6H2,1-2H3. The quantitative estimate of drug-likeness (QED) is 0.582. The molecule has 0 aliphatic heterocycles. The Morgan fingerprint density at radius 3 is 2.75 bits per heavy atom. The molecule has 0 radical (unpaired) electrons. The minimum atomic E-state index is -0.846. The van der Waals surface area contributed by atoms with Crippen LogP contribution in [0.3, 0.4) is 0 Å². The summed E-state index contributed by atoms with van der Waals surface area (Å²) in [6.07, 6.45) is 3.44. The van der Waals surface area contributed by atoms with E-state index < -0.39 is 6.17 Å². The summed E-state index contributed by atoms with van der Waals surface area (Å²) in [6, 6.07) is 0. The molecular formula is C10H15FO. The van der Waals surface area contributed by atoms with E-state index in [2.05, 4.69) is 0 Å². The highest BCUT2D eigenvalue weighted by atomic mass is 19.1. The Bertz CT molecular complexity index is 198. The van der Waals surface area contributed by atoms with Crippen LogP contribution in [0.15, 0.2) is 12.2 Å². The molecule has 0 saturated carbocycles.